The Morgan fingerprint density at radius 3 is 2.32 bits per heavy atom. The van der Waals surface area contributed by atoms with E-state index >= 15 is 0 Å². The van der Waals surface area contributed by atoms with Gasteiger partial charge in [0.2, 0.25) is 0 Å². The number of allylic oxidation sites excluding steroid dienone is 2. The smallest absolute Gasteiger partial charge is 0.338 e. The number of carbonyl (C=O) groups excluding carboxylic acids is 2. The summed E-state index contributed by atoms with van der Waals surface area (Å²) in [6.45, 7) is 9.84. The zero-order chi connectivity index (χ0) is 22.9. The van der Waals surface area contributed by atoms with Crippen LogP contribution in [0.1, 0.15) is 61.7 Å². The van der Waals surface area contributed by atoms with Crippen molar-refractivity contribution in [1.29, 1.82) is 0 Å². The minimum atomic E-state index is -0.555. The predicted octanol–water partition coefficient (Wildman–Crippen LogP) is 5.95. The molecule has 0 spiro atoms. The number of esters is 2. The molecule has 0 aliphatic carbocycles. The van der Waals surface area contributed by atoms with Crippen LogP contribution in [0.15, 0.2) is 66.3 Å². The Bertz CT molecular complexity index is 943. The van der Waals surface area contributed by atoms with Crippen LogP contribution in [-0.2, 0) is 27.1 Å². The van der Waals surface area contributed by atoms with Crippen molar-refractivity contribution in [3.8, 4) is 0 Å². The molecule has 4 nitrogen and oxygen atoms in total. The van der Waals surface area contributed by atoms with Gasteiger partial charge in [-0.15, -0.1) is 0 Å². The minimum Gasteiger partial charge on any atom is -0.462 e. The number of hydrogen-bond donors (Lipinski definition) is 0. The fourth-order valence-corrected chi connectivity index (χ4v) is 2.86. The molecule has 4 heteroatoms. The minimum absolute atomic E-state index is 0.310. The highest BCUT2D eigenvalue weighted by molar-refractivity contribution is 5.91. The maximum Gasteiger partial charge on any atom is 0.338 e. The maximum atomic E-state index is 12.6. The third-order valence-electron chi connectivity index (χ3n) is 4.28. The normalized spacial score (nSPS) is 11.3. The molecule has 0 radical (unpaired) electrons. The van der Waals surface area contributed by atoms with E-state index in [4.69, 9.17) is 9.47 Å². The lowest BCUT2D eigenvalue weighted by Crippen LogP contribution is -2.22. The van der Waals surface area contributed by atoms with E-state index in [0.29, 0.717) is 25.0 Å². The first-order valence-corrected chi connectivity index (χ1v) is 10.5. The molecular formula is C27H32O4. The molecule has 0 unspecified atom stereocenters. The molecule has 0 aromatic heterocycles. The van der Waals surface area contributed by atoms with Gasteiger partial charge >= 0.3 is 11.9 Å². The molecule has 0 N–H and O–H groups in total. The van der Waals surface area contributed by atoms with Gasteiger partial charge in [0, 0.05) is 12.5 Å². The molecule has 164 valence electrons. The van der Waals surface area contributed by atoms with Crippen LogP contribution in [0, 0.1) is 0 Å². The molecule has 2 rings (SSSR count). The molecule has 2 aromatic rings. The molecule has 0 aliphatic heterocycles. The van der Waals surface area contributed by atoms with Gasteiger partial charge < -0.3 is 9.47 Å². The molecule has 0 saturated heterocycles. The summed E-state index contributed by atoms with van der Waals surface area (Å²) >= 11 is 0. The first-order chi connectivity index (χ1) is 14.6. The number of rotatable bonds is 8. The van der Waals surface area contributed by atoms with Gasteiger partial charge in [-0.3, -0.25) is 0 Å². The van der Waals surface area contributed by atoms with Gasteiger partial charge in [-0.05, 0) is 75.9 Å². The molecule has 0 heterocycles. The van der Waals surface area contributed by atoms with E-state index in [1.54, 1.807) is 12.1 Å². The second kappa shape index (κ2) is 11.3. The molecular weight excluding hydrogens is 388 g/mol. The first-order valence-electron chi connectivity index (χ1n) is 10.5. The van der Waals surface area contributed by atoms with Crippen molar-refractivity contribution in [2.75, 3.05) is 6.61 Å². The van der Waals surface area contributed by atoms with Gasteiger partial charge in [-0.2, -0.15) is 0 Å². The number of benzene rings is 2. The number of hydrogen-bond acceptors (Lipinski definition) is 4. The fraction of sp³-hybridized carbons (Fsp3) is 0.333. The van der Waals surface area contributed by atoms with Gasteiger partial charge in [0.1, 0.15) is 5.60 Å². The van der Waals surface area contributed by atoms with Crippen LogP contribution in [0.2, 0.25) is 0 Å². The topological polar surface area (TPSA) is 52.6 Å². The van der Waals surface area contributed by atoms with Crippen LogP contribution in [-0.4, -0.2) is 24.1 Å². The van der Waals surface area contributed by atoms with Crippen molar-refractivity contribution >= 4 is 18.0 Å². The van der Waals surface area contributed by atoms with Crippen LogP contribution in [0.4, 0.5) is 0 Å². The molecule has 0 atom stereocenters. The van der Waals surface area contributed by atoms with E-state index < -0.39 is 11.6 Å². The summed E-state index contributed by atoms with van der Waals surface area (Å²) in [6, 6.07) is 15.4. The second-order valence-electron chi connectivity index (χ2n) is 8.69. The monoisotopic (exact) mass is 420 g/mol. The predicted molar refractivity (Wildman–Crippen MR) is 125 cm³/mol. The van der Waals surface area contributed by atoms with Crippen LogP contribution in [0.5, 0.6) is 0 Å². The van der Waals surface area contributed by atoms with Crippen LogP contribution >= 0.6 is 0 Å². The molecule has 0 fully saturated rings. The van der Waals surface area contributed by atoms with Crippen molar-refractivity contribution in [3.63, 3.8) is 0 Å². The Balaban J connectivity index is 2.15. The van der Waals surface area contributed by atoms with Crippen LogP contribution in [0.25, 0.3) is 6.08 Å². The second-order valence-corrected chi connectivity index (χ2v) is 8.69. The van der Waals surface area contributed by atoms with E-state index in [2.05, 4.69) is 6.08 Å². The van der Waals surface area contributed by atoms with Crippen LogP contribution in [0.3, 0.4) is 0 Å². The van der Waals surface area contributed by atoms with Crippen molar-refractivity contribution < 1.29 is 19.1 Å². The summed E-state index contributed by atoms with van der Waals surface area (Å²) in [5, 5.41) is 0. The summed E-state index contributed by atoms with van der Waals surface area (Å²) in [7, 11) is 0. The first kappa shape index (κ1) is 24.1. The Morgan fingerprint density at radius 2 is 1.68 bits per heavy atom. The van der Waals surface area contributed by atoms with Gasteiger partial charge in [-0.1, -0.05) is 48.0 Å². The van der Waals surface area contributed by atoms with E-state index in [9.17, 15) is 9.59 Å². The lowest BCUT2D eigenvalue weighted by atomic mass is 10.0. The average molecular weight is 421 g/mol. The molecule has 31 heavy (non-hydrogen) atoms. The molecule has 0 bridgehead atoms. The quantitative estimate of drug-likeness (QED) is 0.301. The van der Waals surface area contributed by atoms with E-state index in [1.807, 2.05) is 77.1 Å². The summed E-state index contributed by atoms with van der Waals surface area (Å²) in [4.78, 5) is 24.7. The van der Waals surface area contributed by atoms with Crippen molar-refractivity contribution in [2.24, 2.45) is 0 Å². The lowest BCUT2D eigenvalue weighted by molar-refractivity contribution is -0.148. The standard InChI is InChI=1S/C27H32O4/c1-20(2)11-12-22-17-23(13-14-25(28)31-27(3,4)5)19-24(18-22)26(29)30-16-15-21-9-7-6-8-10-21/h6-11,13-14,17-19H,12,15-16H2,1-5H3/b14-13+. The highest BCUT2D eigenvalue weighted by Crippen LogP contribution is 2.16. The highest BCUT2D eigenvalue weighted by Gasteiger charge is 2.14. The largest absolute Gasteiger partial charge is 0.462 e. The Labute approximate surface area is 185 Å². The maximum absolute atomic E-state index is 12.6. The lowest BCUT2D eigenvalue weighted by Gasteiger charge is -2.17. The Morgan fingerprint density at radius 1 is 0.968 bits per heavy atom. The van der Waals surface area contributed by atoms with Gasteiger partial charge in [-0.25, -0.2) is 9.59 Å². The molecule has 0 saturated carbocycles. The van der Waals surface area contributed by atoms with E-state index in [0.717, 1.165) is 16.7 Å². The van der Waals surface area contributed by atoms with Crippen molar-refractivity contribution in [3.05, 3.63) is 88.5 Å². The van der Waals surface area contributed by atoms with Crippen LogP contribution < -0.4 is 0 Å². The molecule has 0 aliphatic rings. The van der Waals surface area contributed by atoms with Crippen molar-refractivity contribution in [2.45, 2.75) is 53.1 Å². The summed E-state index contributed by atoms with van der Waals surface area (Å²) in [5.74, 6) is -0.795. The van der Waals surface area contributed by atoms with E-state index in [1.165, 1.54) is 11.6 Å². The van der Waals surface area contributed by atoms with E-state index in [-0.39, 0.29) is 5.97 Å². The summed E-state index contributed by atoms with van der Waals surface area (Å²) in [5.41, 5.74) is 3.95. The van der Waals surface area contributed by atoms with Crippen molar-refractivity contribution in [1.82, 2.24) is 0 Å². The number of ether oxygens (including phenoxy) is 2. The summed E-state index contributed by atoms with van der Waals surface area (Å²) < 4.78 is 10.8. The fourth-order valence-electron chi connectivity index (χ4n) is 2.86. The molecule has 2 aromatic carbocycles. The number of carbonyl (C=O) groups is 2. The summed E-state index contributed by atoms with van der Waals surface area (Å²) in [6.07, 6.45) is 6.51. The third-order valence-corrected chi connectivity index (χ3v) is 4.28. The van der Waals surface area contributed by atoms with Gasteiger partial charge in [0.25, 0.3) is 0 Å². The van der Waals surface area contributed by atoms with Gasteiger partial charge in [0.05, 0.1) is 12.2 Å². The Kier molecular flexibility index (Phi) is 8.80. The average Bonchev–Trinajstić information content (AvgIpc) is 2.70. The zero-order valence-corrected chi connectivity index (χ0v) is 19.1. The highest BCUT2D eigenvalue weighted by atomic mass is 16.6. The third kappa shape index (κ3) is 9.47. The van der Waals surface area contributed by atoms with Gasteiger partial charge in [0.15, 0.2) is 0 Å². The Hall–Kier alpha value is -3.14. The molecule has 0 amide bonds. The zero-order valence-electron chi connectivity index (χ0n) is 19.1. The SMILES string of the molecule is CC(C)=CCc1cc(/C=C/C(=O)OC(C)(C)C)cc(C(=O)OCCc2ccccc2)c1.